The maximum Gasteiger partial charge on any atom is 0.123 e. The number of hydrogen-bond donors (Lipinski definition) is 1. The normalized spacial score (nSPS) is 10.8. The molecule has 2 aromatic rings. The summed E-state index contributed by atoms with van der Waals surface area (Å²) in [6, 6.07) is 6.58. The molecule has 0 aliphatic heterocycles. The topological polar surface area (TPSA) is 43.8 Å². The molecule has 17 heavy (non-hydrogen) atoms. The molecule has 0 amide bonds. The van der Waals surface area contributed by atoms with Crippen molar-refractivity contribution in [2.24, 2.45) is 12.8 Å². The fourth-order valence-electron chi connectivity index (χ4n) is 1.89. The lowest BCUT2D eigenvalue weighted by molar-refractivity contribution is 0.627. The van der Waals surface area contributed by atoms with E-state index in [4.69, 9.17) is 5.73 Å². The van der Waals surface area contributed by atoms with E-state index in [0.29, 0.717) is 6.54 Å². The van der Waals surface area contributed by atoms with Gasteiger partial charge in [-0.05, 0) is 30.5 Å². The summed E-state index contributed by atoms with van der Waals surface area (Å²) in [4.78, 5) is 4.33. The Morgan fingerprint density at radius 2 is 1.94 bits per heavy atom. The predicted octanol–water partition coefficient (Wildman–Crippen LogP) is 1.80. The number of halogens is 1. The molecule has 1 aromatic carbocycles. The molecule has 0 aliphatic rings. The second kappa shape index (κ2) is 5.10. The van der Waals surface area contributed by atoms with Gasteiger partial charge in [-0.3, -0.25) is 0 Å². The van der Waals surface area contributed by atoms with E-state index in [1.807, 2.05) is 11.6 Å². The third-order valence-electron chi connectivity index (χ3n) is 2.90. The van der Waals surface area contributed by atoms with Crippen LogP contribution < -0.4 is 5.73 Å². The summed E-state index contributed by atoms with van der Waals surface area (Å²) in [5.74, 6) is -0.200. The van der Waals surface area contributed by atoms with Gasteiger partial charge in [0.05, 0.1) is 17.7 Å². The first-order valence-corrected chi connectivity index (χ1v) is 5.64. The average Bonchev–Trinajstić information content (AvgIpc) is 2.69. The Hall–Kier alpha value is -1.68. The van der Waals surface area contributed by atoms with Crippen LogP contribution in [0.25, 0.3) is 0 Å². The van der Waals surface area contributed by atoms with Crippen molar-refractivity contribution < 1.29 is 4.39 Å². The first kappa shape index (κ1) is 11.8. The summed E-state index contributed by atoms with van der Waals surface area (Å²) in [6.07, 6.45) is 3.46. The number of imidazole rings is 1. The molecule has 90 valence electrons. The van der Waals surface area contributed by atoms with E-state index < -0.39 is 0 Å². The average molecular weight is 233 g/mol. The number of aromatic nitrogens is 2. The van der Waals surface area contributed by atoms with E-state index in [1.54, 1.807) is 18.5 Å². The first-order chi connectivity index (χ1) is 8.20. The Labute approximate surface area is 100 Å². The number of benzene rings is 1. The zero-order valence-electron chi connectivity index (χ0n) is 9.86. The fourth-order valence-corrected chi connectivity index (χ4v) is 1.89. The van der Waals surface area contributed by atoms with Crippen LogP contribution in [0.2, 0.25) is 0 Å². The van der Waals surface area contributed by atoms with Gasteiger partial charge in [-0.1, -0.05) is 12.1 Å². The summed E-state index contributed by atoms with van der Waals surface area (Å²) in [5, 5.41) is 0. The number of rotatable bonds is 4. The number of nitrogens with zero attached hydrogens (tertiary/aromatic N) is 2. The summed E-state index contributed by atoms with van der Waals surface area (Å²) < 4.78 is 14.7. The van der Waals surface area contributed by atoms with Gasteiger partial charge in [0.25, 0.3) is 0 Å². The second-order valence-electron chi connectivity index (χ2n) is 4.08. The van der Waals surface area contributed by atoms with Crippen LogP contribution in [0.5, 0.6) is 0 Å². The van der Waals surface area contributed by atoms with E-state index in [-0.39, 0.29) is 5.82 Å². The lowest BCUT2D eigenvalue weighted by Gasteiger charge is -2.03. The SMILES string of the molecule is Cn1cnc(CCc2ccc(F)cc2)c1CN. The van der Waals surface area contributed by atoms with Crippen molar-refractivity contribution in [1.29, 1.82) is 0 Å². The van der Waals surface area contributed by atoms with Crippen LogP contribution in [0.3, 0.4) is 0 Å². The van der Waals surface area contributed by atoms with E-state index in [9.17, 15) is 4.39 Å². The molecule has 0 saturated heterocycles. The Bertz CT molecular complexity index is 488. The minimum absolute atomic E-state index is 0.200. The van der Waals surface area contributed by atoms with Gasteiger partial charge in [0.1, 0.15) is 5.82 Å². The molecule has 2 rings (SSSR count). The molecule has 1 heterocycles. The molecular weight excluding hydrogens is 217 g/mol. The summed E-state index contributed by atoms with van der Waals surface area (Å²) in [5.41, 5.74) is 8.87. The van der Waals surface area contributed by atoms with Crippen molar-refractivity contribution in [3.8, 4) is 0 Å². The van der Waals surface area contributed by atoms with Gasteiger partial charge in [-0.25, -0.2) is 9.37 Å². The van der Waals surface area contributed by atoms with Gasteiger partial charge in [0.2, 0.25) is 0 Å². The monoisotopic (exact) mass is 233 g/mol. The lowest BCUT2D eigenvalue weighted by atomic mass is 10.1. The highest BCUT2D eigenvalue weighted by atomic mass is 19.1. The van der Waals surface area contributed by atoms with Crippen molar-refractivity contribution in [2.45, 2.75) is 19.4 Å². The van der Waals surface area contributed by atoms with Gasteiger partial charge >= 0.3 is 0 Å². The Morgan fingerprint density at radius 3 is 2.59 bits per heavy atom. The van der Waals surface area contributed by atoms with Crippen molar-refractivity contribution in [2.75, 3.05) is 0 Å². The zero-order chi connectivity index (χ0) is 12.3. The molecule has 0 spiro atoms. The highest BCUT2D eigenvalue weighted by Crippen LogP contribution is 2.10. The number of aryl methyl sites for hydroxylation is 3. The van der Waals surface area contributed by atoms with Gasteiger partial charge < -0.3 is 10.3 Å². The Morgan fingerprint density at radius 1 is 1.24 bits per heavy atom. The maximum absolute atomic E-state index is 12.7. The summed E-state index contributed by atoms with van der Waals surface area (Å²) in [6.45, 7) is 0.495. The van der Waals surface area contributed by atoms with Crippen LogP contribution in [-0.2, 0) is 26.4 Å². The predicted molar refractivity (Wildman–Crippen MR) is 64.9 cm³/mol. The molecule has 0 fully saturated rings. The van der Waals surface area contributed by atoms with Crippen LogP contribution in [0.1, 0.15) is 17.0 Å². The van der Waals surface area contributed by atoms with Gasteiger partial charge in [-0.2, -0.15) is 0 Å². The third kappa shape index (κ3) is 2.71. The number of nitrogens with two attached hydrogens (primary N) is 1. The molecule has 0 unspecified atom stereocenters. The largest absolute Gasteiger partial charge is 0.336 e. The maximum atomic E-state index is 12.7. The smallest absolute Gasteiger partial charge is 0.123 e. The van der Waals surface area contributed by atoms with Crippen molar-refractivity contribution in [3.05, 3.63) is 53.4 Å². The third-order valence-corrected chi connectivity index (χ3v) is 2.90. The van der Waals surface area contributed by atoms with Crippen molar-refractivity contribution in [3.63, 3.8) is 0 Å². The lowest BCUT2D eigenvalue weighted by Crippen LogP contribution is -2.06. The van der Waals surface area contributed by atoms with Crippen LogP contribution in [0, 0.1) is 5.82 Å². The van der Waals surface area contributed by atoms with Gasteiger partial charge in [0.15, 0.2) is 0 Å². The van der Waals surface area contributed by atoms with Crippen LogP contribution in [0.4, 0.5) is 4.39 Å². The fraction of sp³-hybridized carbons (Fsp3) is 0.308. The second-order valence-corrected chi connectivity index (χ2v) is 4.08. The molecule has 2 N–H and O–H groups in total. The molecule has 1 aromatic heterocycles. The van der Waals surface area contributed by atoms with E-state index >= 15 is 0 Å². The molecule has 4 heteroatoms. The van der Waals surface area contributed by atoms with Gasteiger partial charge in [-0.15, -0.1) is 0 Å². The quantitative estimate of drug-likeness (QED) is 0.875. The van der Waals surface area contributed by atoms with E-state index in [2.05, 4.69) is 4.98 Å². The molecule has 0 atom stereocenters. The minimum atomic E-state index is -0.200. The molecule has 0 bridgehead atoms. The number of hydrogen-bond acceptors (Lipinski definition) is 2. The Balaban J connectivity index is 2.04. The highest BCUT2D eigenvalue weighted by Gasteiger charge is 2.07. The molecular formula is C13H16FN3. The standard InChI is InChI=1S/C13H16FN3/c1-17-9-16-12(13(17)8-15)7-4-10-2-5-11(14)6-3-10/h2-3,5-6,9H,4,7-8,15H2,1H3. The van der Waals surface area contributed by atoms with Gasteiger partial charge in [0, 0.05) is 13.6 Å². The molecule has 0 aliphatic carbocycles. The molecule has 0 saturated carbocycles. The molecule has 0 radical (unpaired) electrons. The van der Waals surface area contributed by atoms with Crippen LogP contribution in [0.15, 0.2) is 30.6 Å². The Kier molecular flexibility index (Phi) is 3.54. The molecule has 3 nitrogen and oxygen atoms in total. The first-order valence-electron chi connectivity index (χ1n) is 5.64. The van der Waals surface area contributed by atoms with Crippen LogP contribution in [-0.4, -0.2) is 9.55 Å². The zero-order valence-corrected chi connectivity index (χ0v) is 9.86. The summed E-state index contributed by atoms with van der Waals surface area (Å²) >= 11 is 0. The van der Waals surface area contributed by atoms with Crippen molar-refractivity contribution in [1.82, 2.24) is 9.55 Å². The van der Waals surface area contributed by atoms with Crippen molar-refractivity contribution >= 4 is 0 Å². The van der Waals surface area contributed by atoms with Crippen LogP contribution >= 0.6 is 0 Å². The van der Waals surface area contributed by atoms with E-state index in [0.717, 1.165) is 29.8 Å². The highest BCUT2D eigenvalue weighted by molar-refractivity contribution is 5.19. The summed E-state index contributed by atoms with van der Waals surface area (Å²) in [7, 11) is 1.94. The minimum Gasteiger partial charge on any atom is -0.336 e. The van der Waals surface area contributed by atoms with E-state index in [1.165, 1.54) is 12.1 Å².